The molecule has 2 N–H and O–H groups in total. The minimum absolute atomic E-state index is 0.122. The normalized spacial score (nSPS) is 12.3. The number of imidazole rings is 1. The summed E-state index contributed by atoms with van der Waals surface area (Å²) in [5, 5.41) is 14.6. The number of rotatable bonds is 6. The number of aliphatic hydroxyl groups is 1. The number of nitrogens with zero attached hydrogens (tertiary/aromatic N) is 5. The number of aryl methyl sites for hydroxylation is 1. The van der Waals surface area contributed by atoms with Crippen molar-refractivity contribution in [1.29, 1.82) is 0 Å². The summed E-state index contributed by atoms with van der Waals surface area (Å²) in [6, 6.07) is 8.71. The van der Waals surface area contributed by atoms with Crippen LogP contribution in [0.2, 0.25) is 0 Å². The quantitative estimate of drug-likeness (QED) is 0.422. The average molecular weight is 463 g/mol. The molecule has 10 heteroatoms. The highest BCUT2D eigenvalue weighted by molar-refractivity contribution is 5.95. The lowest BCUT2D eigenvalue weighted by Gasteiger charge is -2.18. The van der Waals surface area contributed by atoms with E-state index in [0.29, 0.717) is 16.8 Å². The topological polar surface area (TPSA) is 127 Å². The maximum absolute atomic E-state index is 13.1. The summed E-state index contributed by atoms with van der Waals surface area (Å²) < 4.78 is 8.15. The molecule has 1 aromatic carbocycles. The van der Waals surface area contributed by atoms with Crippen molar-refractivity contribution in [3.05, 3.63) is 65.7 Å². The summed E-state index contributed by atoms with van der Waals surface area (Å²) in [6.07, 6.45) is 5.17. The molecule has 4 rings (SSSR count). The molecular weight excluding hydrogens is 436 g/mol. The van der Waals surface area contributed by atoms with Crippen LogP contribution in [0.15, 0.2) is 53.9 Å². The number of methoxy groups -OCH3 is 1. The maximum atomic E-state index is 13.1. The van der Waals surface area contributed by atoms with Gasteiger partial charge in [-0.15, -0.1) is 0 Å². The second kappa shape index (κ2) is 9.06. The van der Waals surface area contributed by atoms with Gasteiger partial charge in [0.25, 0.3) is 5.91 Å². The van der Waals surface area contributed by atoms with Crippen LogP contribution in [0.1, 0.15) is 29.8 Å². The number of H-pyrrole nitrogens is 1. The average Bonchev–Trinajstić information content (AvgIpc) is 3.36. The first-order valence-electron chi connectivity index (χ1n) is 10.7. The Morgan fingerprint density at radius 3 is 2.71 bits per heavy atom. The molecule has 0 unspecified atom stereocenters. The van der Waals surface area contributed by atoms with E-state index in [0.717, 1.165) is 16.6 Å². The first kappa shape index (κ1) is 23.1. The second-order valence-corrected chi connectivity index (χ2v) is 8.70. The second-order valence-electron chi connectivity index (χ2n) is 8.70. The maximum Gasteiger partial charge on any atom is 0.309 e. The third kappa shape index (κ3) is 5.12. The molecule has 3 aromatic heterocycles. The molecule has 0 aliphatic carbocycles. The van der Waals surface area contributed by atoms with Gasteiger partial charge in [-0.05, 0) is 43.7 Å². The van der Waals surface area contributed by atoms with Crippen molar-refractivity contribution in [2.45, 2.75) is 32.4 Å². The Morgan fingerprint density at radius 2 is 2.03 bits per heavy atom. The number of hydrogen-bond acceptors (Lipinski definition) is 6. The molecule has 34 heavy (non-hydrogen) atoms. The molecule has 0 aliphatic rings. The predicted molar refractivity (Wildman–Crippen MR) is 125 cm³/mol. The van der Waals surface area contributed by atoms with Crippen molar-refractivity contribution in [2.75, 3.05) is 7.11 Å². The smallest absolute Gasteiger partial charge is 0.309 e. The monoisotopic (exact) mass is 462 g/mol. The van der Waals surface area contributed by atoms with Gasteiger partial charge in [0.2, 0.25) is 5.62 Å². The molecule has 0 fully saturated rings. The van der Waals surface area contributed by atoms with E-state index in [9.17, 15) is 14.7 Å². The molecule has 4 aromatic rings. The third-order valence-electron chi connectivity index (χ3n) is 5.19. The predicted octanol–water partition coefficient (Wildman–Crippen LogP) is 1.99. The van der Waals surface area contributed by atoms with Gasteiger partial charge in [0.15, 0.2) is 0 Å². The zero-order valence-electron chi connectivity index (χ0n) is 19.4. The zero-order valence-corrected chi connectivity index (χ0v) is 19.4. The molecule has 0 aliphatic heterocycles. The van der Waals surface area contributed by atoms with Crippen molar-refractivity contribution < 1.29 is 19.4 Å². The van der Waals surface area contributed by atoms with E-state index in [1.165, 1.54) is 7.11 Å². The molecule has 10 nitrogen and oxygen atoms in total. The fourth-order valence-electron chi connectivity index (χ4n) is 3.64. The lowest BCUT2D eigenvalue weighted by Crippen LogP contribution is -2.32. The van der Waals surface area contributed by atoms with Crippen LogP contribution in [0.4, 0.5) is 0 Å². The molecule has 1 amide bonds. The highest BCUT2D eigenvalue weighted by Gasteiger charge is 2.18. The number of carbonyl (C=O) groups is 2. The standard InChI is InChI=1S/C24H26N6O4/c1-24(2,33)14-30-20-6-5-15(10-21(31)34-4)9-19(20)27-23(30)28-22(32)16-7-8-25-18(11-16)17-12-26-29(3)13-17/h5-9,11-13,33H,10,14H2,1-4H3,(H,27,28,32). The highest BCUT2D eigenvalue weighted by Crippen LogP contribution is 2.18. The van der Waals surface area contributed by atoms with Gasteiger partial charge in [-0.1, -0.05) is 6.07 Å². The Balaban J connectivity index is 1.77. The number of amides is 1. The van der Waals surface area contributed by atoms with Gasteiger partial charge in [0.1, 0.15) is 0 Å². The van der Waals surface area contributed by atoms with E-state index in [2.05, 4.69) is 20.1 Å². The van der Waals surface area contributed by atoms with E-state index < -0.39 is 11.5 Å². The molecule has 0 radical (unpaired) electrons. The number of aromatic nitrogens is 5. The first-order chi connectivity index (χ1) is 16.1. The van der Waals surface area contributed by atoms with Crippen molar-refractivity contribution in [3.8, 4) is 11.3 Å². The van der Waals surface area contributed by atoms with Crippen LogP contribution in [0.25, 0.3) is 22.3 Å². The van der Waals surface area contributed by atoms with Crippen LogP contribution in [-0.2, 0) is 29.5 Å². The summed E-state index contributed by atoms with van der Waals surface area (Å²) in [5.74, 6) is -0.809. The van der Waals surface area contributed by atoms with Crippen molar-refractivity contribution >= 4 is 22.9 Å². The summed E-state index contributed by atoms with van der Waals surface area (Å²) >= 11 is 0. The number of aromatic amines is 1. The summed E-state index contributed by atoms with van der Waals surface area (Å²) in [4.78, 5) is 36.5. The molecule has 0 saturated heterocycles. The van der Waals surface area contributed by atoms with E-state index in [1.807, 2.05) is 31.4 Å². The molecule has 3 heterocycles. The third-order valence-corrected chi connectivity index (χ3v) is 5.19. The molecular formula is C24H26N6O4. The Morgan fingerprint density at radius 1 is 1.24 bits per heavy atom. The van der Waals surface area contributed by atoms with Crippen molar-refractivity contribution in [1.82, 2.24) is 24.3 Å². The Hall–Kier alpha value is -4.05. The minimum atomic E-state index is -1.05. The van der Waals surface area contributed by atoms with Crippen LogP contribution < -0.4 is 5.62 Å². The van der Waals surface area contributed by atoms with Crippen molar-refractivity contribution in [2.24, 2.45) is 12.0 Å². The Kier molecular flexibility index (Phi) is 6.16. The van der Waals surface area contributed by atoms with Gasteiger partial charge < -0.3 is 19.4 Å². The zero-order chi connectivity index (χ0) is 24.5. The SMILES string of the molecule is COC(=O)Cc1ccc2c(c1)[nH]/c(=N\C(=O)c1ccnc(-c3cnn(C)c3)c1)n2CC(C)(C)O. The summed E-state index contributed by atoms with van der Waals surface area (Å²) in [5.41, 5.74) is 3.19. The van der Waals surface area contributed by atoms with Gasteiger partial charge in [0.05, 0.1) is 48.6 Å². The molecule has 0 bridgehead atoms. The van der Waals surface area contributed by atoms with Crippen LogP contribution in [-0.4, -0.2) is 54.0 Å². The lowest BCUT2D eigenvalue weighted by molar-refractivity contribution is -0.139. The number of ether oxygens (including phenoxy) is 1. The fourth-order valence-corrected chi connectivity index (χ4v) is 3.64. The Labute approximate surface area is 195 Å². The highest BCUT2D eigenvalue weighted by atomic mass is 16.5. The number of hydrogen-bond donors (Lipinski definition) is 2. The van der Waals surface area contributed by atoms with Gasteiger partial charge in [-0.3, -0.25) is 19.3 Å². The summed E-state index contributed by atoms with van der Waals surface area (Å²) in [7, 11) is 3.15. The molecule has 0 saturated carbocycles. The molecule has 0 spiro atoms. The number of nitrogens with one attached hydrogen (secondary N) is 1. The number of carbonyl (C=O) groups excluding carboxylic acids is 2. The number of esters is 1. The van der Waals surface area contributed by atoms with E-state index in [-0.39, 0.29) is 24.6 Å². The number of benzene rings is 1. The van der Waals surface area contributed by atoms with Gasteiger partial charge in [-0.2, -0.15) is 10.1 Å². The summed E-state index contributed by atoms with van der Waals surface area (Å²) in [6.45, 7) is 3.56. The van der Waals surface area contributed by atoms with Crippen molar-refractivity contribution in [3.63, 3.8) is 0 Å². The van der Waals surface area contributed by atoms with Gasteiger partial charge >= 0.3 is 5.97 Å². The fraction of sp³-hybridized carbons (Fsp3) is 0.292. The van der Waals surface area contributed by atoms with Crippen LogP contribution in [0.5, 0.6) is 0 Å². The number of pyridine rings is 1. The lowest BCUT2D eigenvalue weighted by atomic mass is 10.1. The van der Waals surface area contributed by atoms with E-state index in [1.54, 1.807) is 47.6 Å². The van der Waals surface area contributed by atoms with Crippen LogP contribution in [0.3, 0.4) is 0 Å². The van der Waals surface area contributed by atoms with Crippen LogP contribution >= 0.6 is 0 Å². The largest absolute Gasteiger partial charge is 0.469 e. The minimum Gasteiger partial charge on any atom is -0.469 e. The van der Waals surface area contributed by atoms with Gasteiger partial charge in [0, 0.05) is 30.6 Å². The van der Waals surface area contributed by atoms with Gasteiger partial charge in [-0.25, -0.2) is 0 Å². The van der Waals surface area contributed by atoms with E-state index in [4.69, 9.17) is 4.74 Å². The Bertz CT molecular complexity index is 1440. The first-order valence-corrected chi connectivity index (χ1v) is 10.7. The number of fused-ring (bicyclic) bond motifs is 1. The van der Waals surface area contributed by atoms with Crippen LogP contribution in [0, 0.1) is 0 Å². The van der Waals surface area contributed by atoms with E-state index >= 15 is 0 Å². The molecule has 176 valence electrons. The molecule has 0 atom stereocenters.